The van der Waals surface area contributed by atoms with Crippen molar-refractivity contribution in [3.8, 4) is 0 Å². The molecule has 6 heteroatoms. The topological polar surface area (TPSA) is 63.5 Å². The van der Waals surface area contributed by atoms with Gasteiger partial charge in [-0.1, -0.05) is 24.3 Å². The van der Waals surface area contributed by atoms with Crippen LogP contribution in [0.25, 0.3) is 0 Å². The molecule has 1 heterocycles. The Labute approximate surface area is 187 Å². The van der Waals surface area contributed by atoms with Crippen LogP contribution in [0.5, 0.6) is 0 Å². The minimum atomic E-state index is 0.242. The van der Waals surface area contributed by atoms with Gasteiger partial charge in [-0.3, -0.25) is 9.67 Å². The third-order valence-electron chi connectivity index (χ3n) is 6.10. The molecule has 0 radical (unpaired) electrons. The van der Waals surface area contributed by atoms with Gasteiger partial charge in [-0.25, -0.2) is 0 Å². The van der Waals surface area contributed by atoms with Gasteiger partial charge in [0.1, 0.15) is 0 Å². The van der Waals surface area contributed by atoms with Crippen LogP contribution in [0.2, 0.25) is 0 Å². The smallest absolute Gasteiger partial charge is 0.191 e. The maximum atomic E-state index is 6.22. The number of aliphatic imine (C=N–C) groups is 1. The number of nitrogens with zero attached hydrogens (tertiary/aromatic N) is 3. The average Bonchev–Trinajstić information content (AvgIpc) is 2.99. The van der Waals surface area contributed by atoms with Crippen molar-refractivity contribution in [3.63, 3.8) is 0 Å². The van der Waals surface area contributed by atoms with Crippen molar-refractivity contribution >= 4 is 5.96 Å². The van der Waals surface area contributed by atoms with Gasteiger partial charge in [0.05, 0.1) is 11.8 Å². The van der Waals surface area contributed by atoms with Crippen LogP contribution >= 0.6 is 0 Å². The highest BCUT2D eigenvalue weighted by Gasteiger charge is 2.20. The first-order valence-corrected chi connectivity index (χ1v) is 11.7. The van der Waals surface area contributed by atoms with Crippen molar-refractivity contribution < 1.29 is 4.74 Å². The molecule has 1 aliphatic rings. The predicted molar refractivity (Wildman–Crippen MR) is 128 cm³/mol. The Bertz CT molecular complexity index is 873. The summed E-state index contributed by atoms with van der Waals surface area (Å²) in [6.45, 7) is 10.8. The molecule has 0 saturated carbocycles. The molecule has 0 bridgehead atoms. The number of guanidine groups is 1. The molecule has 2 aromatic rings. The van der Waals surface area contributed by atoms with Gasteiger partial charge >= 0.3 is 0 Å². The van der Waals surface area contributed by atoms with Crippen LogP contribution in [0.15, 0.2) is 29.3 Å². The summed E-state index contributed by atoms with van der Waals surface area (Å²) in [6.07, 6.45) is 5.60. The van der Waals surface area contributed by atoms with Gasteiger partial charge in [0.15, 0.2) is 5.96 Å². The van der Waals surface area contributed by atoms with Crippen LogP contribution in [0.1, 0.15) is 67.3 Å². The molecule has 0 saturated heterocycles. The summed E-state index contributed by atoms with van der Waals surface area (Å²) >= 11 is 0. The molecule has 2 N–H and O–H groups in total. The molecule has 0 amide bonds. The first-order valence-electron chi connectivity index (χ1n) is 11.7. The summed E-state index contributed by atoms with van der Waals surface area (Å²) < 4.78 is 8.18. The van der Waals surface area contributed by atoms with E-state index in [1.165, 1.54) is 35.2 Å². The Morgan fingerprint density at radius 2 is 2.13 bits per heavy atom. The van der Waals surface area contributed by atoms with E-state index in [-0.39, 0.29) is 12.1 Å². The zero-order valence-electron chi connectivity index (χ0n) is 19.9. The highest BCUT2D eigenvalue weighted by Crippen LogP contribution is 2.32. The van der Waals surface area contributed by atoms with Crippen LogP contribution in [-0.2, 0) is 24.6 Å². The summed E-state index contributed by atoms with van der Waals surface area (Å²) in [5.41, 5.74) is 6.48. The van der Waals surface area contributed by atoms with E-state index in [0.29, 0.717) is 0 Å². The highest BCUT2D eigenvalue weighted by molar-refractivity contribution is 5.80. The number of benzene rings is 1. The van der Waals surface area contributed by atoms with E-state index in [9.17, 15) is 0 Å². The molecule has 1 aromatic carbocycles. The second kappa shape index (κ2) is 11.3. The summed E-state index contributed by atoms with van der Waals surface area (Å²) in [6, 6.07) is 8.98. The first kappa shape index (κ1) is 23.3. The number of rotatable bonds is 9. The molecule has 0 spiro atoms. The summed E-state index contributed by atoms with van der Waals surface area (Å²) in [5, 5.41) is 11.4. The fourth-order valence-corrected chi connectivity index (χ4v) is 4.39. The number of aromatic nitrogens is 2. The number of hydrogen-bond acceptors (Lipinski definition) is 3. The Hall–Kier alpha value is -2.34. The molecular formula is C25H39N5O. The van der Waals surface area contributed by atoms with Gasteiger partial charge in [-0.15, -0.1) is 0 Å². The molecule has 6 nitrogen and oxygen atoms in total. The van der Waals surface area contributed by atoms with Crippen molar-refractivity contribution in [2.75, 3.05) is 19.7 Å². The minimum absolute atomic E-state index is 0.242. The lowest BCUT2D eigenvalue weighted by molar-refractivity contribution is 0.0403. The average molecular weight is 426 g/mol. The van der Waals surface area contributed by atoms with Crippen LogP contribution < -0.4 is 10.6 Å². The molecular weight excluding hydrogens is 386 g/mol. The third kappa shape index (κ3) is 6.33. The Morgan fingerprint density at radius 1 is 1.32 bits per heavy atom. The molecule has 1 aromatic heterocycles. The largest absolute Gasteiger partial charge is 0.373 e. The van der Waals surface area contributed by atoms with E-state index in [0.717, 1.165) is 50.6 Å². The van der Waals surface area contributed by atoms with E-state index < -0.39 is 0 Å². The van der Waals surface area contributed by atoms with Crippen LogP contribution in [0.4, 0.5) is 0 Å². The molecule has 2 atom stereocenters. The van der Waals surface area contributed by atoms with E-state index in [1.54, 1.807) is 0 Å². The van der Waals surface area contributed by atoms with E-state index in [2.05, 4.69) is 67.7 Å². The molecule has 1 aliphatic carbocycles. The first-order chi connectivity index (χ1) is 15.0. The lowest BCUT2D eigenvalue weighted by atomic mass is 9.89. The van der Waals surface area contributed by atoms with Crippen molar-refractivity contribution in [3.05, 3.63) is 52.3 Å². The van der Waals surface area contributed by atoms with Gasteiger partial charge in [-0.2, -0.15) is 5.10 Å². The molecule has 3 rings (SSSR count). The molecule has 2 unspecified atom stereocenters. The fraction of sp³-hybridized carbons (Fsp3) is 0.600. The van der Waals surface area contributed by atoms with Gasteiger partial charge in [0.25, 0.3) is 0 Å². The molecule has 0 aliphatic heterocycles. The van der Waals surface area contributed by atoms with E-state index in [4.69, 9.17) is 9.73 Å². The van der Waals surface area contributed by atoms with Gasteiger partial charge in [-0.05, 0) is 76.5 Å². The monoisotopic (exact) mass is 425 g/mol. The van der Waals surface area contributed by atoms with Gasteiger partial charge in [0.2, 0.25) is 0 Å². The predicted octanol–water partition coefficient (Wildman–Crippen LogP) is 4.01. The summed E-state index contributed by atoms with van der Waals surface area (Å²) in [4.78, 5) is 4.77. The Morgan fingerprint density at radius 3 is 2.87 bits per heavy atom. The Balaban J connectivity index is 1.46. The highest BCUT2D eigenvalue weighted by atomic mass is 16.5. The van der Waals surface area contributed by atoms with Crippen molar-refractivity contribution in [1.29, 1.82) is 0 Å². The summed E-state index contributed by atoms with van der Waals surface area (Å²) in [5.74, 6) is 0.872. The van der Waals surface area contributed by atoms with E-state index in [1.807, 2.05) is 11.7 Å². The van der Waals surface area contributed by atoms with Crippen molar-refractivity contribution in [2.24, 2.45) is 12.0 Å². The molecule has 170 valence electrons. The normalized spacial score (nSPS) is 17.3. The number of fused-ring (bicyclic) bond motifs is 1. The zero-order valence-corrected chi connectivity index (χ0v) is 19.9. The summed E-state index contributed by atoms with van der Waals surface area (Å²) in [7, 11) is 2.00. The van der Waals surface area contributed by atoms with Crippen molar-refractivity contribution in [1.82, 2.24) is 20.4 Å². The minimum Gasteiger partial charge on any atom is -0.373 e. The Kier molecular flexibility index (Phi) is 8.52. The van der Waals surface area contributed by atoms with Gasteiger partial charge < -0.3 is 15.4 Å². The maximum Gasteiger partial charge on any atom is 0.191 e. The molecule has 31 heavy (non-hydrogen) atoms. The second-order valence-electron chi connectivity index (χ2n) is 8.59. The van der Waals surface area contributed by atoms with Crippen LogP contribution in [0, 0.1) is 13.8 Å². The lowest BCUT2D eigenvalue weighted by Crippen LogP contribution is -2.43. The quantitative estimate of drug-likeness (QED) is 0.362. The fourth-order valence-electron chi connectivity index (χ4n) is 4.39. The van der Waals surface area contributed by atoms with E-state index >= 15 is 0 Å². The zero-order chi connectivity index (χ0) is 22.2. The molecule has 0 fully saturated rings. The number of nitrogens with one attached hydrogen (secondary N) is 2. The number of hydrogen-bond donors (Lipinski definition) is 2. The number of aryl methyl sites for hydroxylation is 3. The standard InChI is InChI=1S/C25H39N5O/c1-6-26-25(28-18(2)17-23-19(3)29-30(5)20(23)4)27-15-10-16-31-24-14-9-12-21-11-7-8-13-22(21)24/h7-8,11,13,18,24H,6,9-10,12,14-17H2,1-5H3,(H2,26,27,28). The third-order valence-corrected chi connectivity index (χ3v) is 6.10. The van der Waals surface area contributed by atoms with Gasteiger partial charge in [0, 0.05) is 38.5 Å². The number of ether oxygens (including phenoxy) is 1. The van der Waals surface area contributed by atoms with Crippen LogP contribution in [0.3, 0.4) is 0 Å². The van der Waals surface area contributed by atoms with Crippen LogP contribution in [-0.4, -0.2) is 41.5 Å². The second-order valence-corrected chi connectivity index (χ2v) is 8.59. The SMILES string of the molecule is CCNC(=NCCCOC1CCCc2ccccc21)NC(C)Cc1c(C)nn(C)c1C. The maximum absolute atomic E-state index is 6.22. The van der Waals surface area contributed by atoms with Crippen molar-refractivity contribution in [2.45, 2.75) is 71.9 Å². The lowest BCUT2D eigenvalue weighted by Gasteiger charge is -2.25.